The van der Waals surface area contributed by atoms with Crippen molar-refractivity contribution in [1.82, 2.24) is 0 Å². The Hall–Kier alpha value is -1.80. The number of esters is 1. The van der Waals surface area contributed by atoms with Gasteiger partial charge in [-0.25, -0.2) is 0 Å². The number of ether oxygens (including phenoxy) is 6. The van der Waals surface area contributed by atoms with Crippen molar-refractivity contribution in [2.24, 2.45) is 50.2 Å². The molecule has 16 heteroatoms. The summed E-state index contributed by atoms with van der Waals surface area (Å²) < 4.78 is 36.3. The van der Waals surface area contributed by atoms with Crippen molar-refractivity contribution in [3.8, 4) is 0 Å². The highest BCUT2D eigenvalue weighted by atomic mass is 16.7. The van der Waals surface area contributed by atoms with E-state index in [1.807, 2.05) is 6.92 Å². The van der Waals surface area contributed by atoms with Crippen LogP contribution >= 0.6 is 0 Å². The van der Waals surface area contributed by atoms with Gasteiger partial charge in [-0.2, -0.15) is 0 Å². The molecule has 7 fully saturated rings. The number of aliphatic carboxylic acids is 1. The third kappa shape index (κ3) is 6.65. The second-order valence-electron chi connectivity index (χ2n) is 22.0. The second kappa shape index (κ2) is 15.4. The number of carboxylic acids is 1. The molecule has 0 aromatic carbocycles. The van der Waals surface area contributed by atoms with Crippen LogP contribution in [0.1, 0.15) is 106 Å². The Morgan fingerprint density at radius 2 is 1.49 bits per heavy atom. The van der Waals surface area contributed by atoms with Crippen LogP contribution < -0.4 is 0 Å². The molecule has 1 spiro atoms. The lowest BCUT2D eigenvalue weighted by molar-refractivity contribution is -0.367. The molecule has 8 aliphatic rings. The molecule has 0 aromatic heterocycles. The maximum absolute atomic E-state index is 12.2. The van der Waals surface area contributed by atoms with Crippen LogP contribution in [0.5, 0.6) is 0 Å². The van der Waals surface area contributed by atoms with Gasteiger partial charge in [0.2, 0.25) is 0 Å². The number of carbonyl (C=O) groups excluding carboxylic acids is 1. The topological polar surface area (TPSA) is 251 Å². The smallest absolute Gasteiger partial charge is 0.317 e. The molecule has 3 aliphatic heterocycles. The first kappa shape index (κ1) is 45.8. The zero-order valence-electron chi connectivity index (χ0n) is 36.6. The van der Waals surface area contributed by atoms with Gasteiger partial charge in [-0.15, -0.1) is 0 Å². The first-order chi connectivity index (χ1) is 28.4. The number of hydrogen-bond donors (Lipinski definition) is 8. The predicted octanol–water partition coefficient (Wildman–Crippen LogP) is 1.80. The van der Waals surface area contributed by atoms with E-state index in [-0.39, 0.29) is 51.4 Å². The largest absolute Gasteiger partial charge is 0.481 e. The Morgan fingerprint density at radius 3 is 2.18 bits per heavy atom. The van der Waals surface area contributed by atoms with Crippen LogP contribution in [0.25, 0.3) is 0 Å². The van der Waals surface area contributed by atoms with E-state index in [0.29, 0.717) is 19.4 Å². The van der Waals surface area contributed by atoms with Crippen LogP contribution in [0.3, 0.4) is 0 Å². The van der Waals surface area contributed by atoms with Gasteiger partial charge in [0.1, 0.15) is 55.8 Å². The van der Waals surface area contributed by atoms with Crippen molar-refractivity contribution in [1.29, 1.82) is 0 Å². The van der Waals surface area contributed by atoms with Gasteiger partial charge < -0.3 is 69.3 Å². The van der Waals surface area contributed by atoms with Crippen LogP contribution in [-0.4, -0.2) is 152 Å². The van der Waals surface area contributed by atoms with Crippen LogP contribution in [-0.2, 0) is 38.0 Å². The minimum Gasteiger partial charge on any atom is -0.481 e. The van der Waals surface area contributed by atoms with E-state index >= 15 is 0 Å². The van der Waals surface area contributed by atoms with E-state index in [4.69, 9.17) is 33.5 Å². The van der Waals surface area contributed by atoms with Crippen LogP contribution in [0.15, 0.2) is 12.2 Å². The lowest BCUT2D eigenvalue weighted by atomic mass is 9.32. The average molecular weight is 867 g/mol. The molecule has 2 bridgehead atoms. The molecule has 61 heavy (non-hydrogen) atoms. The lowest BCUT2D eigenvalue weighted by Crippen LogP contribution is -2.72. The van der Waals surface area contributed by atoms with E-state index in [1.165, 1.54) is 0 Å². The molecule has 3 heterocycles. The summed E-state index contributed by atoms with van der Waals surface area (Å²) in [6.07, 6.45) is -6.06. The van der Waals surface area contributed by atoms with E-state index in [1.54, 1.807) is 6.92 Å². The molecule has 16 nitrogen and oxygen atoms in total. The van der Waals surface area contributed by atoms with Gasteiger partial charge in [-0.05, 0) is 86.4 Å². The van der Waals surface area contributed by atoms with E-state index in [2.05, 4.69) is 46.8 Å². The Bertz CT molecular complexity index is 1730. The van der Waals surface area contributed by atoms with E-state index < -0.39 is 110 Å². The molecule has 3 saturated heterocycles. The number of hydrogen-bond acceptors (Lipinski definition) is 15. The molecule has 8 N–H and O–H groups in total. The fourth-order valence-electron chi connectivity index (χ4n) is 14.6. The fraction of sp³-hybridized carbons (Fsp3) is 0.911. The van der Waals surface area contributed by atoms with Gasteiger partial charge in [0.25, 0.3) is 0 Å². The van der Waals surface area contributed by atoms with Crippen LogP contribution in [0.2, 0.25) is 0 Å². The highest BCUT2D eigenvalue weighted by Crippen LogP contribution is 2.79. The molecule has 0 amide bonds. The van der Waals surface area contributed by atoms with Gasteiger partial charge in [0.05, 0.1) is 37.1 Å². The van der Waals surface area contributed by atoms with Gasteiger partial charge in [-0.3, -0.25) is 9.59 Å². The minimum absolute atomic E-state index is 0.00846. The van der Waals surface area contributed by atoms with Crippen molar-refractivity contribution in [3.63, 3.8) is 0 Å². The highest BCUT2D eigenvalue weighted by molar-refractivity contribution is 5.90. The quantitative estimate of drug-likeness (QED) is 0.0712. The maximum Gasteiger partial charge on any atom is 0.317 e. The van der Waals surface area contributed by atoms with Crippen molar-refractivity contribution in [2.45, 2.75) is 185 Å². The molecule has 0 aromatic rings. The predicted molar refractivity (Wildman–Crippen MR) is 213 cm³/mol. The molecular weight excluding hydrogens is 796 g/mol. The summed E-state index contributed by atoms with van der Waals surface area (Å²) in [5.41, 5.74) is -2.16. The van der Waals surface area contributed by atoms with Crippen molar-refractivity contribution in [3.05, 3.63) is 12.2 Å². The van der Waals surface area contributed by atoms with Gasteiger partial charge in [-0.1, -0.05) is 53.7 Å². The number of allylic oxidation sites excluding steroid dienone is 1. The Kier molecular flexibility index (Phi) is 11.6. The molecule has 21 atom stereocenters. The summed E-state index contributed by atoms with van der Waals surface area (Å²) >= 11 is 0. The average Bonchev–Trinajstić information content (AvgIpc) is 3.47. The third-order valence-electron chi connectivity index (χ3n) is 18.4. The zero-order chi connectivity index (χ0) is 44.5. The molecule has 346 valence electrons. The van der Waals surface area contributed by atoms with Crippen LogP contribution in [0.4, 0.5) is 0 Å². The number of aliphatic hydroxyl groups excluding tert-OH is 7. The number of carboxylic acid groups (broad SMARTS) is 1. The van der Waals surface area contributed by atoms with Crippen LogP contribution in [0, 0.1) is 50.2 Å². The Labute approximate surface area is 357 Å². The SMILES string of the molecule is C[C@H]1O[C@@H](O[C@H]2CC[C@@]3(C)[C@@H](CC[C@]4(C)[C@@H]3C=CC35OCC6(CCC(C)(C)C[C@H]63)[C@H](O)C[C@]54C)[C@]2(C)CO)[C@H](O)[C@@H](O[C@@H]2O[C@H](COC(=O)CC(=O)O)[C@@H](O)[C@H](O)[C@H]2O)[C@H]1O. The second-order valence-corrected chi connectivity index (χ2v) is 22.0. The molecule has 4 saturated carbocycles. The zero-order valence-corrected chi connectivity index (χ0v) is 36.6. The first-order valence-electron chi connectivity index (χ1n) is 22.5. The fourth-order valence-corrected chi connectivity index (χ4v) is 14.6. The summed E-state index contributed by atoms with van der Waals surface area (Å²) in [5, 5.41) is 87.3. The summed E-state index contributed by atoms with van der Waals surface area (Å²) in [4.78, 5) is 22.7. The number of rotatable bonds is 9. The normalized spacial score (nSPS) is 54.8. The number of aliphatic hydroxyl groups is 7. The standard InChI is InChI=1S/C45H70O16/c1-22-31(51)36(61-37-34(54)33(53)32(52)23(59-37)19-56-30(50)16-29(48)49)35(55)38(58-22)60-28-10-11-40(4)24(41(28,5)20-46)8-12-42(6)25(40)9-13-45-26-17-39(2,3)14-15-44(26,21-57-45)27(47)18-43(42,45)7/h9,13,22-28,31-38,46-47,51-55H,8,10-12,14-21H2,1-7H3,(H,48,49)/t22-,23-,24-,25-,26-,27-,28+,31+,32-,33+,34-,35-,36+,37+,38+,40+,41+,42-,43+,44?,45?/m1/s1. The highest BCUT2D eigenvalue weighted by Gasteiger charge is 2.79. The van der Waals surface area contributed by atoms with Gasteiger partial charge in [0.15, 0.2) is 12.6 Å². The van der Waals surface area contributed by atoms with Gasteiger partial charge in [0, 0.05) is 22.2 Å². The summed E-state index contributed by atoms with van der Waals surface area (Å²) in [5.74, 6) is -2.21. The number of carbonyl (C=O) groups is 2. The number of fused-ring (bicyclic) bond motifs is 4. The summed E-state index contributed by atoms with van der Waals surface area (Å²) in [7, 11) is 0. The van der Waals surface area contributed by atoms with Gasteiger partial charge >= 0.3 is 11.9 Å². The van der Waals surface area contributed by atoms with Crippen molar-refractivity contribution in [2.75, 3.05) is 19.8 Å². The first-order valence-corrected chi connectivity index (χ1v) is 22.5. The molecule has 5 aliphatic carbocycles. The summed E-state index contributed by atoms with van der Waals surface area (Å²) in [6.45, 7) is 15.1. The minimum atomic E-state index is -1.86. The van der Waals surface area contributed by atoms with E-state index in [0.717, 1.165) is 38.5 Å². The van der Waals surface area contributed by atoms with Crippen molar-refractivity contribution < 1.29 is 78.9 Å². The van der Waals surface area contributed by atoms with Crippen molar-refractivity contribution >= 4 is 11.9 Å². The molecule has 8 rings (SSSR count). The lowest BCUT2D eigenvalue weighted by Gasteiger charge is -2.73. The summed E-state index contributed by atoms with van der Waals surface area (Å²) in [6, 6.07) is 0. The van der Waals surface area contributed by atoms with E-state index in [9.17, 15) is 45.3 Å². The Balaban J connectivity index is 1.01. The third-order valence-corrected chi connectivity index (χ3v) is 18.4. The molecular formula is C45H70O16. The maximum atomic E-state index is 12.2. The molecule has 0 radical (unpaired) electrons. The Morgan fingerprint density at radius 1 is 0.787 bits per heavy atom. The monoisotopic (exact) mass is 866 g/mol. The molecule has 2 unspecified atom stereocenters.